The Hall–Kier alpha value is -2.37. The lowest BCUT2D eigenvalue weighted by molar-refractivity contribution is -0.140. The number of carboxylic acids is 1. The van der Waals surface area contributed by atoms with E-state index >= 15 is 0 Å². The highest BCUT2D eigenvalue weighted by Gasteiger charge is 2.49. The summed E-state index contributed by atoms with van der Waals surface area (Å²) in [5.41, 5.74) is 0.821. The molecule has 3 atom stereocenters. The summed E-state index contributed by atoms with van der Waals surface area (Å²) in [5, 5.41) is 11.6. The standard InChI is InChI=1S/C16H18N2O4/c19-14(11-9-12(11)16(21)22)17-13-7-4-8-18(15(13)20)10-5-2-1-3-6-10/h1-3,5-6,11-13H,4,7-9H2,(H,17,19)(H,21,22)/t11-,12-,13+/m1/s1. The molecular formula is C16H18N2O4. The summed E-state index contributed by atoms with van der Waals surface area (Å²) in [7, 11) is 0. The quantitative estimate of drug-likeness (QED) is 0.869. The van der Waals surface area contributed by atoms with Gasteiger partial charge in [-0.25, -0.2) is 0 Å². The molecule has 116 valence electrons. The van der Waals surface area contributed by atoms with Crippen LogP contribution in [-0.4, -0.2) is 35.5 Å². The van der Waals surface area contributed by atoms with E-state index in [0.29, 0.717) is 19.4 Å². The number of carboxylic acid groups (broad SMARTS) is 1. The highest BCUT2D eigenvalue weighted by Crippen LogP contribution is 2.39. The smallest absolute Gasteiger partial charge is 0.307 e. The van der Waals surface area contributed by atoms with Crippen molar-refractivity contribution in [1.29, 1.82) is 0 Å². The monoisotopic (exact) mass is 302 g/mol. The topological polar surface area (TPSA) is 86.7 Å². The van der Waals surface area contributed by atoms with Crippen LogP contribution in [0.25, 0.3) is 0 Å². The predicted molar refractivity (Wildman–Crippen MR) is 79.2 cm³/mol. The zero-order valence-electron chi connectivity index (χ0n) is 12.1. The zero-order valence-corrected chi connectivity index (χ0v) is 12.1. The van der Waals surface area contributed by atoms with Gasteiger partial charge < -0.3 is 15.3 Å². The number of anilines is 1. The molecule has 1 aliphatic carbocycles. The van der Waals surface area contributed by atoms with Crippen molar-refractivity contribution in [2.75, 3.05) is 11.4 Å². The zero-order chi connectivity index (χ0) is 15.7. The SMILES string of the molecule is O=C(O)[C@@H]1C[C@H]1C(=O)N[C@H]1CCCN(c2ccccc2)C1=O. The van der Waals surface area contributed by atoms with Gasteiger partial charge in [-0.2, -0.15) is 0 Å². The minimum absolute atomic E-state index is 0.127. The van der Waals surface area contributed by atoms with Gasteiger partial charge in [0, 0.05) is 12.2 Å². The van der Waals surface area contributed by atoms with E-state index in [9.17, 15) is 14.4 Å². The lowest BCUT2D eigenvalue weighted by Crippen LogP contribution is -2.52. The number of benzene rings is 1. The van der Waals surface area contributed by atoms with Crippen LogP contribution in [0.2, 0.25) is 0 Å². The number of hydrogen-bond acceptors (Lipinski definition) is 3. The van der Waals surface area contributed by atoms with Crippen molar-refractivity contribution < 1.29 is 19.5 Å². The highest BCUT2D eigenvalue weighted by atomic mass is 16.4. The Morgan fingerprint density at radius 1 is 1.18 bits per heavy atom. The summed E-state index contributed by atoms with van der Waals surface area (Å²) in [4.78, 5) is 37.0. The summed E-state index contributed by atoms with van der Waals surface area (Å²) in [6.07, 6.45) is 1.77. The van der Waals surface area contributed by atoms with Crippen molar-refractivity contribution in [1.82, 2.24) is 5.32 Å². The largest absolute Gasteiger partial charge is 0.481 e. The molecule has 0 bridgehead atoms. The molecular weight excluding hydrogens is 284 g/mol. The number of rotatable bonds is 4. The number of nitrogens with zero attached hydrogens (tertiary/aromatic N) is 1. The normalized spacial score (nSPS) is 27.4. The van der Waals surface area contributed by atoms with Gasteiger partial charge in [0.15, 0.2) is 0 Å². The van der Waals surface area contributed by atoms with E-state index in [-0.39, 0.29) is 11.8 Å². The van der Waals surface area contributed by atoms with Crippen LogP contribution in [0.4, 0.5) is 5.69 Å². The number of aliphatic carboxylic acids is 1. The fraction of sp³-hybridized carbons (Fsp3) is 0.438. The lowest BCUT2D eigenvalue weighted by Gasteiger charge is -2.32. The Kier molecular flexibility index (Phi) is 3.83. The van der Waals surface area contributed by atoms with Crippen molar-refractivity contribution in [2.24, 2.45) is 11.8 Å². The van der Waals surface area contributed by atoms with Crippen molar-refractivity contribution in [3.05, 3.63) is 30.3 Å². The highest BCUT2D eigenvalue weighted by molar-refractivity contribution is 6.00. The molecule has 6 heteroatoms. The first-order valence-corrected chi connectivity index (χ1v) is 7.47. The second-order valence-electron chi connectivity index (χ2n) is 5.82. The molecule has 0 spiro atoms. The fourth-order valence-corrected chi connectivity index (χ4v) is 2.91. The van der Waals surface area contributed by atoms with E-state index in [1.54, 1.807) is 4.90 Å². The molecule has 1 aromatic rings. The van der Waals surface area contributed by atoms with Crippen LogP contribution in [0.1, 0.15) is 19.3 Å². The minimum Gasteiger partial charge on any atom is -0.481 e. The molecule has 1 aliphatic heterocycles. The maximum atomic E-state index is 12.5. The van der Waals surface area contributed by atoms with Gasteiger partial charge in [-0.1, -0.05) is 18.2 Å². The first kappa shape index (κ1) is 14.6. The number of piperidine rings is 1. The summed E-state index contributed by atoms with van der Waals surface area (Å²) in [6, 6.07) is 8.79. The van der Waals surface area contributed by atoms with E-state index in [1.807, 2.05) is 30.3 Å². The maximum Gasteiger partial charge on any atom is 0.307 e. The van der Waals surface area contributed by atoms with E-state index in [1.165, 1.54) is 0 Å². The second-order valence-corrected chi connectivity index (χ2v) is 5.82. The average Bonchev–Trinajstić information content (AvgIpc) is 3.31. The first-order chi connectivity index (χ1) is 10.6. The molecule has 0 aromatic heterocycles. The van der Waals surface area contributed by atoms with Crippen molar-refractivity contribution >= 4 is 23.5 Å². The van der Waals surface area contributed by atoms with E-state index in [2.05, 4.69) is 5.32 Å². The number of hydrogen-bond donors (Lipinski definition) is 2. The number of nitrogens with one attached hydrogen (secondary N) is 1. The molecule has 1 aromatic carbocycles. The third kappa shape index (κ3) is 2.81. The predicted octanol–water partition coefficient (Wildman–Crippen LogP) is 1.02. The molecule has 2 aliphatic rings. The first-order valence-electron chi connectivity index (χ1n) is 7.47. The van der Waals surface area contributed by atoms with Gasteiger partial charge in [0.25, 0.3) is 0 Å². The Morgan fingerprint density at radius 3 is 2.55 bits per heavy atom. The number of amides is 2. The van der Waals surface area contributed by atoms with Gasteiger partial charge in [-0.05, 0) is 31.4 Å². The second kappa shape index (κ2) is 5.79. The van der Waals surface area contributed by atoms with Crippen LogP contribution >= 0.6 is 0 Å². The minimum atomic E-state index is -0.943. The number of carbonyl (C=O) groups excluding carboxylic acids is 2. The van der Waals surface area contributed by atoms with Gasteiger partial charge in [0.1, 0.15) is 6.04 Å². The van der Waals surface area contributed by atoms with Crippen LogP contribution in [-0.2, 0) is 14.4 Å². The molecule has 2 fully saturated rings. The molecule has 0 radical (unpaired) electrons. The van der Waals surface area contributed by atoms with Gasteiger partial charge in [0.05, 0.1) is 11.8 Å². The fourth-order valence-electron chi connectivity index (χ4n) is 2.91. The average molecular weight is 302 g/mol. The van der Waals surface area contributed by atoms with E-state index in [4.69, 9.17) is 5.11 Å². The summed E-state index contributed by atoms with van der Waals surface area (Å²) >= 11 is 0. The maximum absolute atomic E-state index is 12.5. The van der Waals surface area contributed by atoms with Gasteiger partial charge in [-0.15, -0.1) is 0 Å². The molecule has 22 heavy (non-hydrogen) atoms. The molecule has 0 unspecified atom stereocenters. The van der Waals surface area contributed by atoms with E-state index < -0.39 is 23.8 Å². The van der Waals surface area contributed by atoms with Crippen molar-refractivity contribution in [2.45, 2.75) is 25.3 Å². The molecule has 3 rings (SSSR count). The Balaban J connectivity index is 1.64. The Labute approximate surface area is 128 Å². The number of para-hydroxylation sites is 1. The van der Waals surface area contributed by atoms with Crippen LogP contribution in [0.3, 0.4) is 0 Å². The van der Waals surface area contributed by atoms with E-state index in [0.717, 1.165) is 12.1 Å². The number of carbonyl (C=O) groups is 3. The summed E-state index contributed by atoms with van der Waals surface area (Å²) < 4.78 is 0. The molecule has 2 N–H and O–H groups in total. The molecule has 1 saturated carbocycles. The molecule has 1 saturated heterocycles. The third-order valence-electron chi connectivity index (χ3n) is 4.27. The Bertz CT molecular complexity index is 601. The van der Waals surface area contributed by atoms with Crippen LogP contribution in [0.15, 0.2) is 30.3 Å². The molecule has 2 amide bonds. The summed E-state index contributed by atoms with van der Waals surface area (Å²) in [6.45, 7) is 0.635. The molecule has 1 heterocycles. The third-order valence-corrected chi connectivity index (χ3v) is 4.27. The van der Waals surface area contributed by atoms with Gasteiger partial charge in [-0.3, -0.25) is 14.4 Å². The van der Waals surface area contributed by atoms with Crippen molar-refractivity contribution in [3.63, 3.8) is 0 Å². The van der Waals surface area contributed by atoms with Crippen LogP contribution in [0, 0.1) is 11.8 Å². The lowest BCUT2D eigenvalue weighted by atomic mass is 10.0. The van der Waals surface area contributed by atoms with Gasteiger partial charge in [0.2, 0.25) is 11.8 Å². The Morgan fingerprint density at radius 2 is 1.91 bits per heavy atom. The van der Waals surface area contributed by atoms with Gasteiger partial charge >= 0.3 is 5.97 Å². The van der Waals surface area contributed by atoms with Crippen LogP contribution in [0.5, 0.6) is 0 Å². The van der Waals surface area contributed by atoms with Crippen LogP contribution < -0.4 is 10.2 Å². The van der Waals surface area contributed by atoms with Crippen molar-refractivity contribution in [3.8, 4) is 0 Å². The summed E-state index contributed by atoms with van der Waals surface area (Å²) in [5.74, 6) is -2.47. The molecule has 6 nitrogen and oxygen atoms in total.